The van der Waals surface area contributed by atoms with Crippen molar-refractivity contribution in [3.8, 4) is 11.3 Å². The Morgan fingerprint density at radius 2 is 2.08 bits per heavy atom. The van der Waals surface area contributed by atoms with Gasteiger partial charge in [0.2, 0.25) is 0 Å². The van der Waals surface area contributed by atoms with Crippen LogP contribution in [0.5, 0.6) is 0 Å². The summed E-state index contributed by atoms with van der Waals surface area (Å²) in [5.74, 6) is 0.799. The zero-order chi connectivity index (χ0) is 18.3. The van der Waals surface area contributed by atoms with E-state index in [0.717, 1.165) is 34.7 Å². The third-order valence-corrected chi connectivity index (χ3v) is 4.91. The molecule has 26 heavy (non-hydrogen) atoms. The van der Waals surface area contributed by atoms with E-state index >= 15 is 0 Å². The molecule has 6 nitrogen and oxygen atoms in total. The van der Waals surface area contributed by atoms with Crippen molar-refractivity contribution in [1.29, 1.82) is 0 Å². The Morgan fingerprint density at radius 1 is 1.31 bits per heavy atom. The van der Waals surface area contributed by atoms with Crippen molar-refractivity contribution in [3.05, 3.63) is 58.1 Å². The van der Waals surface area contributed by atoms with Gasteiger partial charge in [0, 0.05) is 46.8 Å². The maximum atomic E-state index is 12.8. The average Bonchev–Trinajstić information content (AvgIpc) is 3.29. The fourth-order valence-corrected chi connectivity index (χ4v) is 3.27. The van der Waals surface area contributed by atoms with Gasteiger partial charge in [-0.15, -0.1) is 0 Å². The average molecular weight is 371 g/mol. The molecule has 0 saturated carbocycles. The fraction of sp³-hybridized carbons (Fsp3) is 0.316. The first-order chi connectivity index (χ1) is 12.5. The summed E-state index contributed by atoms with van der Waals surface area (Å²) >= 11 is 5.98. The number of carbonyl (C=O) groups is 1. The largest absolute Gasteiger partial charge is 0.360 e. The molecular weight excluding hydrogens is 352 g/mol. The molecule has 1 aromatic carbocycles. The number of aromatic nitrogens is 3. The van der Waals surface area contributed by atoms with E-state index in [0.29, 0.717) is 23.8 Å². The molecular formula is C19H19ClN4O2. The molecule has 7 heteroatoms. The highest BCUT2D eigenvalue weighted by Gasteiger charge is 2.28. The van der Waals surface area contributed by atoms with E-state index in [1.807, 2.05) is 38.1 Å². The van der Waals surface area contributed by atoms with Crippen LogP contribution < -0.4 is 0 Å². The number of amides is 1. The Bertz CT molecular complexity index is 943. The van der Waals surface area contributed by atoms with Gasteiger partial charge < -0.3 is 9.42 Å². The summed E-state index contributed by atoms with van der Waals surface area (Å²) in [6.07, 6.45) is 0.733. The Kier molecular flexibility index (Phi) is 4.28. The number of fused-ring (bicyclic) bond motifs is 1. The van der Waals surface area contributed by atoms with E-state index < -0.39 is 0 Å². The van der Waals surface area contributed by atoms with Crippen molar-refractivity contribution in [2.24, 2.45) is 0 Å². The smallest absolute Gasteiger partial charge is 0.276 e. The molecule has 1 aliphatic rings. The molecule has 3 heterocycles. The van der Waals surface area contributed by atoms with Gasteiger partial charge in [0.1, 0.15) is 5.76 Å². The minimum Gasteiger partial charge on any atom is -0.360 e. The standard InChI is InChI=1S/C19H19ClN4O2/c1-11(2)17-9-16(23-26-17)19(25)24-8-7-15-14(10-24)18(22-21-15)12-3-5-13(20)6-4-12/h3-6,9,11H,7-8,10H2,1-2H3,(H,21,22). The SMILES string of the molecule is CC(C)c1cc(C(=O)N2CCc3[nH]nc(-c4ccc(Cl)cc4)c3C2)no1. The second-order valence-corrected chi connectivity index (χ2v) is 7.22. The van der Waals surface area contributed by atoms with Gasteiger partial charge in [-0.25, -0.2) is 0 Å². The van der Waals surface area contributed by atoms with Crippen molar-refractivity contribution in [2.45, 2.75) is 32.7 Å². The van der Waals surface area contributed by atoms with Crippen LogP contribution in [0.4, 0.5) is 0 Å². The van der Waals surface area contributed by atoms with Crippen molar-refractivity contribution in [1.82, 2.24) is 20.3 Å². The molecule has 0 atom stereocenters. The van der Waals surface area contributed by atoms with Crippen molar-refractivity contribution in [3.63, 3.8) is 0 Å². The number of hydrogen-bond acceptors (Lipinski definition) is 4. The number of rotatable bonds is 3. The molecule has 0 spiro atoms. The molecule has 1 N–H and O–H groups in total. The minimum absolute atomic E-state index is 0.116. The number of nitrogens with zero attached hydrogens (tertiary/aromatic N) is 3. The van der Waals surface area contributed by atoms with Crippen molar-refractivity contribution >= 4 is 17.5 Å². The van der Waals surface area contributed by atoms with Gasteiger partial charge in [0.05, 0.1) is 12.2 Å². The van der Waals surface area contributed by atoms with Crippen molar-refractivity contribution in [2.75, 3.05) is 6.54 Å². The highest BCUT2D eigenvalue weighted by atomic mass is 35.5. The number of nitrogens with one attached hydrogen (secondary N) is 1. The third-order valence-electron chi connectivity index (χ3n) is 4.65. The Labute approximate surface area is 156 Å². The fourth-order valence-electron chi connectivity index (χ4n) is 3.14. The van der Waals surface area contributed by atoms with E-state index in [1.54, 1.807) is 11.0 Å². The summed E-state index contributed by atoms with van der Waals surface area (Å²) in [7, 11) is 0. The zero-order valence-electron chi connectivity index (χ0n) is 14.6. The topological polar surface area (TPSA) is 75.0 Å². The van der Waals surface area contributed by atoms with Gasteiger partial charge in [-0.1, -0.05) is 42.7 Å². The number of aromatic amines is 1. The highest BCUT2D eigenvalue weighted by molar-refractivity contribution is 6.30. The maximum Gasteiger partial charge on any atom is 0.276 e. The summed E-state index contributed by atoms with van der Waals surface area (Å²) in [5, 5.41) is 12.2. The number of benzene rings is 1. The summed E-state index contributed by atoms with van der Waals surface area (Å²) in [4.78, 5) is 14.6. The van der Waals surface area contributed by atoms with Gasteiger partial charge >= 0.3 is 0 Å². The molecule has 1 aliphatic heterocycles. The molecule has 0 saturated heterocycles. The summed E-state index contributed by atoms with van der Waals surface area (Å²) in [6.45, 7) is 5.13. The number of halogens is 1. The summed E-state index contributed by atoms with van der Waals surface area (Å²) in [5.41, 5.74) is 4.30. The molecule has 4 rings (SSSR count). The van der Waals surface area contributed by atoms with Gasteiger partial charge in [-0.3, -0.25) is 9.89 Å². The van der Waals surface area contributed by atoms with Crippen LogP contribution in [0.1, 0.15) is 47.3 Å². The third kappa shape index (κ3) is 3.01. The number of hydrogen-bond donors (Lipinski definition) is 1. The number of H-pyrrole nitrogens is 1. The Morgan fingerprint density at radius 3 is 2.77 bits per heavy atom. The van der Waals surface area contributed by atoms with Gasteiger partial charge in [-0.2, -0.15) is 5.10 Å². The van der Waals surface area contributed by atoms with Crippen molar-refractivity contribution < 1.29 is 9.32 Å². The van der Waals surface area contributed by atoms with E-state index in [-0.39, 0.29) is 11.8 Å². The second-order valence-electron chi connectivity index (χ2n) is 6.78. The van der Waals surface area contributed by atoms with Gasteiger partial charge in [0.15, 0.2) is 5.69 Å². The molecule has 0 unspecified atom stereocenters. The first-order valence-corrected chi connectivity index (χ1v) is 8.98. The lowest BCUT2D eigenvalue weighted by molar-refractivity contribution is 0.0724. The van der Waals surface area contributed by atoms with Crippen LogP contribution in [0.25, 0.3) is 11.3 Å². The van der Waals surface area contributed by atoms with Crippen LogP contribution in [0.15, 0.2) is 34.9 Å². The van der Waals surface area contributed by atoms with E-state index in [1.165, 1.54) is 0 Å². The quantitative estimate of drug-likeness (QED) is 0.755. The van der Waals surface area contributed by atoms with E-state index in [2.05, 4.69) is 15.4 Å². The van der Waals surface area contributed by atoms with Crippen LogP contribution in [0.2, 0.25) is 5.02 Å². The van der Waals surface area contributed by atoms with Gasteiger partial charge in [0.25, 0.3) is 5.91 Å². The molecule has 1 amide bonds. The lowest BCUT2D eigenvalue weighted by atomic mass is 10.0. The minimum atomic E-state index is -0.116. The normalized spacial score (nSPS) is 13.9. The predicted molar refractivity (Wildman–Crippen MR) is 98.1 cm³/mol. The van der Waals surface area contributed by atoms with Crippen LogP contribution in [-0.2, 0) is 13.0 Å². The lowest BCUT2D eigenvalue weighted by Gasteiger charge is -2.26. The first-order valence-electron chi connectivity index (χ1n) is 8.61. The first kappa shape index (κ1) is 16.8. The summed E-state index contributed by atoms with van der Waals surface area (Å²) in [6, 6.07) is 9.29. The van der Waals surface area contributed by atoms with Crippen LogP contribution >= 0.6 is 11.6 Å². The molecule has 0 radical (unpaired) electrons. The molecule has 2 aromatic heterocycles. The predicted octanol–water partition coefficient (Wildman–Crippen LogP) is 4.04. The Hall–Kier alpha value is -2.60. The zero-order valence-corrected chi connectivity index (χ0v) is 15.4. The van der Waals surface area contributed by atoms with Crippen LogP contribution in [0.3, 0.4) is 0 Å². The summed E-state index contributed by atoms with van der Waals surface area (Å²) < 4.78 is 5.27. The van der Waals surface area contributed by atoms with E-state index in [4.69, 9.17) is 16.1 Å². The van der Waals surface area contributed by atoms with Crippen LogP contribution in [0, 0.1) is 0 Å². The maximum absolute atomic E-state index is 12.8. The molecule has 0 bridgehead atoms. The van der Waals surface area contributed by atoms with Gasteiger partial charge in [-0.05, 0) is 12.1 Å². The molecule has 3 aromatic rings. The second kappa shape index (κ2) is 6.61. The Balaban J connectivity index is 1.59. The molecule has 0 aliphatic carbocycles. The van der Waals surface area contributed by atoms with Crippen LogP contribution in [-0.4, -0.2) is 32.7 Å². The molecule has 0 fully saturated rings. The number of carbonyl (C=O) groups excluding carboxylic acids is 1. The monoisotopic (exact) mass is 370 g/mol. The molecule has 134 valence electrons. The van der Waals surface area contributed by atoms with E-state index in [9.17, 15) is 4.79 Å². The highest BCUT2D eigenvalue weighted by Crippen LogP contribution is 2.30. The lowest BCUT2D eigenvalue weighted by Crippen LogP contribution is -2.36.